The molecule has 4 N–H and O–H groups in total. The molecule has 0 aromatic heterocycles. The van der Waals surface area contributed by atoms with Crippen LogP contribution in [0.1, 0.15) is 239 Å². The van der Waals surface area contributed by atoms with Crippen molar-refractivity contribution in [2.24, 2.45) is 0 Å². The number of aliphatic hydroxyl groups is 3. The normalized spacial score (nSPS) is 19.6. The van der Waals surface area contributed by atoms with E-state index in [1.54, 1.807) is 0 Å². The van der Waals surface area contributed by atoms with E-state index in [2.05, 4.69) is 54.5 Å². The van der Waals surface area contributed by atoms with Gasteiger partial charge >= 0.3 is 16.4 Å². The molecule has 0 aliphatic carbocycles. The molecule has 1 fully saturated rings. The molecule has 0 radical (unpaired) electrons. The fraction of sp³-hybridized carbons (Fsp3) is 0.870. The van der Waals surface area contributed by atoms with E-state index in [1.165, 1.54) is 154 Å². The first-order chi connectivity index (χ1) is 32.6. The highest BCUT2D eigenvalue weighted by molar-refractivity contribution is 7.80. The van der Waals surface area contributed by atoms with Crippen LogP contribution >= 0.6 is 0 Å². The first-order valence-corrected chi connectivity index (χ1v) is 28.6. The Balaban J connectivity index is 2.32. The molecule has 0 aromatic rings. The van der Waals surface area contributed by atoms with Gasteiger partial charge in [-0.25, -0.2) is 4.18 Å². The van der Waals surface area contributed by atoms with Crippen LogP contribution in [0.2, 0.25) is 0 Å². The summed E-state index contributed by atoms with van der Waals surface area (Å²) >= 11 is 0. The standard InChI is InChI=1S/C54H100O12S/c1-3-5-7-9-11-13-15-17-19-21-22-23-24-25-26-27-28-30-32-34-36-38-40-42-44-62-46-48(47-63-54-52(58)53(66-67(59,60)61)51(57)49(45-55)65-54)64-50(56)43-41-39-37-35-33-31-29-20-18-16-14-12-10-8-6-4-2/h15,17,21-22,24-25,48-49,51-55,57-58H,3-14,16,18-20,23,26-47H2,1-2H3,(H,59,60,61)/b17-15-,22-21-,25-24-. The van der Waals surface area contributed by atoms with Crippen molar-refractivity contribution in [1.82, 2.24) is 0 Å². The van der Waals surface area contributed by atoms with Crippen LogP contribution in [0.3, 0.4) is 0 Å². The third-order valence-electron chi connectivity index (χ3n) is 12.5. The number of ether oxygens (including phenoxy) is 4. The summed E-state index contributed by atoms with van der Waals surface area (Å²) in [4.78, 5) is 12.9. The molecule has 0 spiro atoms. The van der Waals surface area contributed by atoms with Crippen molar-refractivity contribution in [3.8, 4) is 0 Å². The van der Waals surface area contributed by atoms with Gasteiger partial charge in [0, 0.05) is 13.0 Å². The second-order valence-electron chi connectivity index (χ2n) is 18.8. The minimum Gasteiger partial charge on any atom is -0.457 e. The first kappa shape index (κ1) is 63.3. The molecule has 6 atom stereocenters. The van der Waals surface area contributed by atoms with Gasteiger partial charge in [-0.15, -0.1) is 0 Å². The van der Waals surface area contributed by atoms with E-state index in [0.717, 1.165) is 57.8 Å². The van der Waals surface area contributed by atoms with E-state index in [0.29, 0.717) is 13.0 Å². The van der Waals surface area contributed by atoms with Gasteiger partial charge in [0.2, 0.25) is 0 Å². The van der Waals surface area contributed by atoms with Gasteiger partial charge in [-0.2, -0.15) is 8.42 Å². The molecule has 1 rings (SSSR count). The Morgan fingerprint density at radius 1 is 0.567 bits per heavy atom. The number of esters is 1. The van der Waals surface area contributed by atoms with E-state index in [9.17, 15) is 33.1 Å². The number of hydrogen-bond donors (Lipinski definition) is 4. The van der Waals surface area contributed by atoms with Gasteiger partial charge in [-0.1, -0.05) is 217 Å². The average Bonchev–Trinajstić information content (AvgIpc) is 3.30. The van der Waals surface area contributed by atoms with Crippen molar-refractivity contribution in [2.45, 2.75) is 275 Å². The lowest BCUT2D eigenvalue weighted by atomic mass is 9.99. The Hall–Kier alpha value is -1.68. The summed E-state index contributed by atoms with van der Waals surface area (Å²) < 4.78 is 59.3. The number of allylic oxidation sites excluding steroid dienone is 6. The number of hydrogen-bond acceptors (Lipinski definition) is 11. The largest absolute Gasteiger partial charge is 0.457 e. The highest BCUT2D eigenvalue weighted by Crippen LogP contribution is 2.26. The molecule has 13 heteroatoms. The monoisotopic (exact) mass is 973 g/mol. The fourth-order valence-electron chi connectivity index (χ4n) is 8.39. The fourth-order valence-corrected chi connectivity index (χ4v) is 8.90. The maximum absolute atomic E-state index is 12.9. The minimum atomic E-state index is -5.06. The molecule has 0 amide bonds. The summed E-state index contributed by atoms with van der Waals surface area (Å²) in [5.74, 6) is -0.398. The van der Waals surface area contributed by atoms with Gasteiger partial charge in [0.05, 0.1) is 19.8 Å². The van der Waals surface area contributed by atoms with Crippen molar-refractivity contribution < 1.29 is 56.2 Å². The molecule has 1 saturated heterocycles. The minimum absolute atomic E-state index is 0.0351. The highest BCUT2D eigenvalue weighted by Gasteiger charge is 2.48. The molecule has 0 saturated carbocycles. The zero-order chi connectivity index (χ0) is 48.9. The predicted octanol–water partition coefficient (Wildman–Crippen LogP) is 12.9. The smallest absolute Gasteiger partial charge is 0.397 e. The van der Waals surface area contributed by atoms with E-state index in [-0.39, 0.29) is 19.6 Å². The topological polar surface area (TPSA) is 178 Å². The Labute approximate surface area is 409 Å². The van der Waals surface area contributed by atoms with Crippen LogP contribution in [-0.4, -0.2) is 97.5 Å². The van der Waals surface area contributed by atoms with E-state index in [1.807, 2.05) is 0 Å². The van der Waals surface area contributed by atoms with Crippen molar-refractivity contribution in [3.63, 3.8) is 0 Å². The number of unbranched alkanes of at least 4 members (excludes halogenated alkanes) is 29. The van der Waals surface area contributed by atoms with Crippen LogP contribution in [0, 0.1) is 0 Å². The zero-order valence-electron chi connectivity index (χ0n) is 42.5. The van der Waals surface area contributed by atoms with E-state index >= 15 is 0 Å². The Morgan fingerprint density at radius 3 is 1.43 bits per heavy atom. The number of aliphatic hydroxyl groups excluding tert-OH is 3. The van der Waals surface area contributed by atoms with Crippen LogP contribution in [0.4, 0.5) is 0 Å². The molecule has 12 nitrogen and oxygen atoms in total. The zero-order valence-corrected chi connectivity index (χ0v) is 43.3. The summed E-state index contributed by atoms with van der Waals surface area (Å²) in [6.07, 6.45) is 46.0. The quantitative estimate of drug-likeness (QED) is 0.0197. The van der Waals surface area contributed by atoms with Crippen LogP contribution in [0.15, 0.2) is 36.5 Å². The van der Waals surface area contributed by atoms with E-state index in [4.69, 9.17) is 18.9 Å². The predicted molar refractivity (Wildman–Crippen MR) is 271 cm³/mol. The van der Waals surface area contributed by atoms with E-state index < -0.39 is 59.8 Å². The lowest BCUT2D eigenvalue weighted by molar-refractivity contribution is -0.301. The Kier molecular flexibility index (Phi) is 43.0. The molecule has 6 unspecified atom stereocenters. The van der Waals surface area contributed by atoms with Crippen molar-refractivity contribution in [2.75, 3.05) is 26.4 Å². The molecule has 0 bridgehead atoms. The van der Waals surface area contributed by atoms with Crippen LogP contribution in [0.25, 0.3) is 0 Å². The van der Waals surface area contributed by atoms with Gasteiger partial charge in [0.1, 0.15) is 30.5 Å². The average molecular weight is 973 g/mol. The molecule has 1 heterocycles. The van der Waals surface area contributed by atoms with Crippen molar-refractivity contribution in [1.29, 1.82) is 0 Å². The Bertz CT molecular complexity index is 1310. The van der Waals surface area contributed by atoms with Crippen LogP contribution in [-0.2, 0) is 38.3 Å². The summed E-state index contributed by atoms with van der Waals surface area (Å²) in [5.41, 5.74) is 0. The van der Waals surface area contributed by atoms with Crippen LogP contribution in [0.5, 0.6) is 0 Å². The van der Waals surface area contributed by atoms with Crippen molar-refractivity contribution in [3.05, 3.63) is 36.5 Å². The lowest BCUT2D eigenvalue weighted by Crippen LogP contribution is -2.60. The molecular weight excluding hydrogens is 873 g/mol. The van der Waals surface area contributed by atoms with Gasteiger partial charge in [0.15, 0.2) is 6.29 Å². The summed E-state index contributed by atoms with van der Waals surface area (Å²) in [6, 6.07) is 0. The molecule has 1 aliphatic rings. The summed E-state index contributed by atoms with van der Waals surface area (Å²) in [5, 5.41) is 30.8. The number of rotatable bonds is 48. The summed E-state index contributed by atoms with van der Waals surface area (Å²) in [7, 11) is -5.06. The molecule has 394 valence electrons. The second kappa shape index (κ2) is 45.5. The third-order valence-corrected chi connectivity index (χ3v) is 13.0. The third kappa shape index (κ3) is 38.7. The van der Waals surface area contributed by atoms with Crippen LogP contribution < -0.4 is 0 Å². The van der Waals surface area contributed by atoms with Gasteiger partial charge in [-0.3, -0.25) is 9.35 Å². The number of carbonyl (C=O) groups is 1. The summed E-state index contributed by atoms with van der Waals surface area (Å²) in [6.45, 7) is 4.00. The van der Waals surface area contributed by atoms with Crippen molar-refractivity contribution >= 4 is 16.4 Å². The highest BCUT2D eigenvalue weighted by atomic mass is 32.3. The number of carbonyl (C=O) groups excluding carboxylic acids is 1. The lowest BCUT2D eigenvalue weighted by Gasteiger charge is -2.41. The SMILES string of the molecule is CCCCCCC/C=C\C/C=C\C/C=C\CCCCCCCCCCCOCC(COC1OC(CO)C(O)C(OS(=O)(=O)O)C1O)OC(=O)CCCCCCCCCCCCCCCCCC. The second-order valence-corrected chi connectivity index (χ2v) is 19.9. The Morgan fingerprint density at radius 2 is 0.985 bits per heavy atom. The molecule has 0 aromatic carbocycles. The molecule has 1 aliphatic heterocycles. The molecular formula is C54H100O12S. The first-order valence-electron chi connectivity index (χ1n) is 27.2. The maximum Gasteiger partial charge on any atom is 0.397 e. The van der Waals surface area contributed by atoms with Gasteiger partial charge in [-0.05, 0) is 51.4 Å². The molecule has 67 heavy (non-hydrogen) atoms. The van der Waals surface area contributed by atoms with Gasteiger partial charge in [0.25, 0.3) is 0 Å². The van der Waals surface area contributed by atoms with Gasteiger partial charge < -0.3 is 34.3 Å². The maximum atomic E-state index is 12.9.